The van der Waals surface area contributed by atoms with Crippen LogP contribution in [-0.2, 0) is 17.7 Å². The van der Waals surface area contributed by atoms with E-state index in [2.05, 4.69) is 46.9 Å². The van der Waals surface area contributed by atoms with Gasteiger partial charge in [0.1, 0.15) is 0 Å². The first-order valence-corrected chi connectivity index (χ1v) is 10.1. The van der Waals surface area contributed by atoms with Crippen molar-refractivity contribution in [2.24, 2.45) is 4.99 Å². The van der Waals surface area contributed by atoms with Gasteiger partial charge in [-0.2, -0.15) is 0 Å². The summed E-state index contributed by atoms with van der Waals surface area (Å²) in [5, 5.41) is 1.15. The van der Waals surface area contributed by atoms with E-state index in [1.54, 1.807) is 6.07 Å². The van der Waals surface area contributed by atoms with E-state index in [1.165, 1.54) is 12.7 Å². The minimum atomic E-state index is -0.323. The number of carbonyl (C=O) groups excluding carboxylic acids is 1. The van der Waals surface area contributed by atoms with Crippen molar-refractivity contribution in [2.45, 2.75) is 19.9 Å². The number of benzene rings is 3. The SMILES string of the molecule is CCc1ccc(N=Cc2cn(Cc3cccc(C(=O)OC)c3)c3ccccc23)cc1. The van der Waals surface area contributed by atoms with E-state index >= 15 is 0 Å². The van der Waals surface area contributed by atoms with Gasteiger partial charge < -0.3 is 9.30 Å². The second kappa shape index (κ2) is 8.78. The molecule has 0 aliphatic carbocycles. The summed E-state index contributed by atoms with van der Waals surface area (Å²) in [6.45, 7) is 2.80. The molecule has 4 aromatic rings. The number of aliphatic imine (C=N–C) groups is 1. The molecule has 30 heavy (non-hydrogen) atoms. The average Bonchev–Trinajstić information content (AvgIpc) is 3.15. The van der Waals surface area contributed by atoms with E-state index < -0.39 is 0 Å². The summed E-state index contributed by atoms with van der Waals surface area (Å²) in [4.78, 5) is 16.5. The van der Waals surface area contributed by atoms with Crippen LogP contribution in [0.2, 0.25) is 0 Å². The third-order valence-corrected chi connectivity index (χ3v) is 5.22. The van der Waals surface area contributed by atoms with Gasteiger partial charge in [0.25, 0.3) is 0 Å². The zero-order chi connectivity index (χ0) is 20.9. The van der Waals surface area contributed by atoms with Crippen LogP contribution in [0, 0.1) is 0 Å². The Morgan fingerprint density at radius 2 is 1.80 bits per heavy atom. The Bertz CT molecular complexity index is 1200. The predicted octanol–water partition coefficient (Wildman–Crippen LogP) is 5.79. The molecule has 0 unspecified atom stereocenters. The van der Waals surface area contributed by atoms with Gasteiger partial charge in [0.2, 0.25) is 0 Å². The molecule has 0 atom stereocenters. The fraction of sp³-hybridized carbons (Fsp3) is 0.154. The summed E-state index contributed by atoms with van der Waals surface area (Å²) in [6, 6.07) is 24.2. The number of carbonyl (C=O) groups is 1. The Balaban J connectivity index is 1.65. The fourth-order valence-corrected chi connectivity index (χ4v) is 3.58. The number of rotatable bonds is 6. The largest absolute Gasteiger partial charge is 0.465 e. The number of esters is 1. The Morgan fingerprint density at radius 1 is 1.00 bits per heavy atom. The van der Waals surface area contributed by atoms with Crippen LogP contribution in [0.15, 0.2) is 84.0 Å². The number of ether oxygens (including phenoxy) is 1. The number of para-hydroxylation sites is 1. The first-order chi connectivity index (χ1) is 14.7. The Kier molecular flexibility index (Phi) is 5.75. The van der Waals surface area contributed by atoms with Crippen molar-refractivity contribution in [2.75, 3.05) is 7.11 Å². The zero-order valence-electron chi connectivity index (χ0n) is 17.2. The number of methoxy groups -OCH3 is 1. The number of hydrogen-bond donors (Lipinski definition) is 0. The van der Waals surface area contributed by atoms with E-state index in [0.717, 1.165) is 34.1 Å². The van der Waals surface area contributed by atoms with E-state index in [-0.39, 0.29) is 5.97 Å². The van der Waals surface area contributed by atoms with Crippen molar-refractivity contribution in [1.29, 1.82) is 0 Å². The molecule has 4 rings (SSSR count). The molecule has 4 heteroatoms. The third-order valence-electron chi connectivity index (χ3n) is 5.22. The van der Waals surface area contributed by atoms with Crippen LogP contribution in [0.1, 0.15) is 34.0 Å². The molecule has 0 aliphatic heterocycles. The van der Waals surface area contributed by atoms with Crippen LogP contribution in [0.3, 0.4) is 0 Å². The van der Waals surface area contributed by atoms with Gasteiger partial charge in [0.15, 0.2) is 0 Å². The molecule has 0 radical (unpaired) electrons. The summed E-state index contributed by atoms with van der Waals surface area (Å²) < 4.78 is 7.03. The lowest BCUT2D eigenvalue weighted by Crippen LogP contribution is -2.03. The minimum absolute atomic E-state index is 0.323. The van der Waals surface area contributed by atoms with Gasteiger partial charge in [0, 0.05) is 35.4 Å². The van der Waals surface area contributed by atoms with Crippen LogP contribution in [0.4, 0.5) is 5.69 Å². The monoisotopic (exact) mass is 396 g/mol. The Labute approximate surface area is 176 Å². The molecule has 0 amide bonds. The highest BCUT2D eigenvalue weighted by Crippen LogP contribution is 2.23. The highest BCUT2D eigenvalue weighted by atomic mass is 16.5. The van der Waals surface area contributed by atoms with Crippen molar-refractivity contribution in [3.05, 3.63) is 101 Å². The average molecular weight is 396 g/mol. The lowest BCUT2D eigenvalue weighted by atomic mass is 10.1. The standard InChI is InChI=1S/C26H24N2O2/c1-3-19-11-13-23(14-12-19)27-16-22-18-28(25-10-5-4-9-24(22)25)17-20-7-6-8-21(15-20)26(29)30-2/h4-16,18H,3,17H2,1-2H3. The zero-order valence-corrected chi connectivity index (χ0v) is 17.2. The smallest absolute Gasteiger partial charge is 0.337 e. The van der Waals surface area contributed by atoms with Crippen LogP contribution in [0.5, 0.6) is 0 Å². The topological polar surface area (TPSA) is 43.6 Å². The second-order valence-corrected chi connectivity index (χ2v) is 7.20. The van der Waals surface area contributed by atoms with Gasteiger partial charge in [-0.3, -0.25) is 4.99 Å². The van der Waals surface area contributed by atoms with Gasteiger partial charge in [-0.15, -0.1) is 0 Å². The van der Waals surface area contributed by atoms with Crippen LogP contribution >= 0.6 is 0 Å². The third kappa shape index (κ3) is 4.18. The highest BCUT2D eigenvalue weighted by molar-refractivity contribution is 6.00. The fourth-order valence-electron chi connectivity index (χ4n) is 3.58. The van der Waals surface area contributed by atoms with Crippen LogP contribution in [0.25, 0.3) is 10.9 Å². The molecule has 0 fully saturated rings. The molecule has 0 saturated heterocycles. The number of nitrogens with zero attached hydrogens (tertiary/aromatic N) is 2. The van der Waals surface area contributed by atoms with Crippen molar-refractivity contribution >= 4 is 28.8 Å². The lowest BCUT2D eigenvalue weighted by molar-refractivity contribution is 0.0600. The first-order valence-electron chi connectivity index (χ1n) is 10.1. The van der Waals surface area contributed by atoms with E-state index in [9.17, 15) is 4.79 Å². The van der Waals surface area contributed by atoms with Crippen molar-refractivity contribution in [1.82, 2.24) is 4.57 Å². The molecule has 0 spiro atoms. The van der Waals surface area contributed by atoms with Crippen molar-refractivity contribution < 1.29 is 9.53 Å². The molecule has 0 bridgehead atoms. The summed E-state index contributed by atoms with van der Waals surface area (Å²) >= 11 is 0. The maximum Gasteiger partial charge on any atom is 0.337 e. The van der Waals surface area contributed by atoms with Crippen molar-refractivity contribution in [3.63, 3.8) is 0 Å². The maximum atomic E-state index is 11.8. The molecule has 150 valence electrons. The maximum absolute atomic E-state index is 11.8. The molecular weight excluding hydrogens is 372 g/mol. The van der Waals surface area contributed by atoms with Crippen LogP contribution < -0.4 is 0 Å². The van der Waals surface area contributed by atoms with Gasteiger partial charge in [0.05, 0.1) is 18.4 Å². The van der Waals surface area contributed by atoms with Gasteiger partial charge >= 0.3 is 5.97 Å². The van der Waals surface area contributed by atoms with Crippen LogP contribution in [-0.4, -0.2) is 23.9 Å². The Hall–Kier alpha value is -3.66. The van der Waals surface area contributed by atoms with E-state index in [1.807, 2.05) is 48.7 Å². The molecular formula is C26H24N2O2. The summed E-state index contributed by atoms with van der Waals surface area (Å²) in [7, 11) is 1.40. The van der Waals surface area contributed by atoms with Crippen molar-refractivity contribution in [3.8, 4) is 0 Å². The molecule has 0 N–H and O–H groups in total. The number of hydrogen-bond acceptors (Lipinski definition) is 3. The molecule has 1 aromatic heterocycles. The minimum Gasteiger partial charge on any atom is -0.465 e. The number of fused-ring (bicyclic) bond motifs is 1. The van der Waals surface area contributed by atoms with Gasteiger partial charge in [-0.05, 0) is 47.9 Å². The van der Waals surface area contributed by atoms with Gasteiger partial charge in [-0.25, -0.2) is 4.79 Å². The molecule has 0 saturated carbocycles. The summed E-state index contributed by atoms with van der Waals surface area (Å²) in [6.07, 6.45) is 5.05. The Morgan fingerprint density at radius 3 is 2.57 bits per heavy atom. The molecule has 0 aliphatic rings. The lowest BCUT2D eigenvalue weighted by Gasteiger charge is -2.07. The number of aryl methyl sites for hydroxylation is 1. The second-order valence-electron chi connectivity index (χ2n) is 7.20. The molecule has 4 nitrogen and oxygen atoms in total. The summed E-state index contributed by atoms with van der Waals surface area (Å²) in [5.41, 5.74) is 6.04. The predicted molar refractivity (Wildman–Crippen MR) is 122 cm³/mol. The molecule has 3 aromatic carbocycles. The van der Waals surface area contributed by atoms with Gasteiger partial charge in [-0.1, -0.05) is 49.4 Å². The van der Waals surface area contributed by atoms with E-state index in [4.69, 9.17) is 4.74 Å². The van der Waals surface area contributed by atoms with E-state index in [0.29, 0.717) is 12.1 Å². The quantitative estimate of drug-likeness (QED) is 0.306. The normalized spacial score (nSPS) is 11.3. The molecule has 1 heterocycles. The summed E-state index contributed by atoms with van der Waals surface area (Å²) in [5.74, 6) is -0.323. The first kappa shape index (κ1) is 19.6. The highest BCUT2D eigenvalue weighted by Gasteiger charge is 2.09. The number of aromatic nitrogens is 1.